The predicted molar refractivity (Wildman–Crippen MR) is 117 cm³/mol. The summed E-state index contributed by atoms with van der Waals surface area (Å²) in [5.41, 5.74) is 5.50. The minimum atomic E-state index is -0.758. The molecule has 0 aliphatic carbocycles. The van der Waals surface area contributed by atoms with E-state index >= 15 is 0 Å². The normalized spacial score (nSPS) is 15.5. The third-order valence-corrected chi connectivity index (χ3v) is 5.55. The first-order valence-corrected chi connectivity index (χ1v) is 10.4. The summed E-state index contributed by atoms with van der Waals surface area (Å²) >= 11 is 3.29. The average molecular weight is 488 g/mol. The van der Waals surface area contributed by atoms with Gasteiger partial charge in [-0.25, -0.2) is 0 Å². The van der Waals surface area contributed by atoms with E-state index in [-0.39, 0.29) is 13.0 Å². The van der Waals surface area contributed by atoms with Crippen LogP contribution in [0.2, 0.25) is 0 Å². The van der Waals surface area contributed by atoms with Gasteiger partial charge in [-0.05, 0) is 55.3 Å². The second-order valence-electron chi connectivity index (χ2n) is 7.26. The number of carbonyl (C=O) groups excluding carboxylic acids is 4. The van der Waals surface area contributed by atoms with Crippen LogP contribution in [0.15, 0.2) is 46.9 Å². The van der Waals surface area contributed by atoms with Crippen molar-refractivity contribution in [2.75, 3.05) is 18.5 Å². The van der Waals surface area contributed by atoms with Crippen molar-refractivity contribution in [3.05, 3.63) is 63.6 Å². The van der Waals surface area contributed by atoms with Gasteiger partial charge in [0.2, 0.25) is 5.91 Å². The number of nitrogens with zero attached hydrogens (tertiary/aromatic N) is 1. The second kappa shape index (κ2) is 9.74. The Kier molecular flexibility index (Phi) is 7.06. The molecule has 2 N–H and O–H groups in total. The van der Waals surface area contributed by atoms with E-state index in [1.54, 1.807) is 30.3 Å². The fraction of sp³-hybridized carbons (Fsp3) is 0.273. The number of halogens is 1. The van der Waals surface area contributed by atoms with Crippen LogP contribution >= 0.6 is 15.9 Å². The lowest BCUT2D eigenvalue weighted by Gasteiger charge is -2.17. The summed E-state index contributed by atoms with van der Waals surface area (Å²) in [5, 5.41) is 3.81. The highest BCUT2D eigenvalue weighted by Crippen LogP contribution is 2.20. The Bertz CT molecular complexity index is 1020. The van der Waals surface area contributed by atoms with Gasteiger partial charge in [0.1, 0.15) is 0 Å². The van der Waals surface area contributed by atoms with Gasteiger partial charge < -0.3 is 10.1 Å². The average Bonchev–Trinajstić information content (AvgIpc) is 3.10. The Hall–Kier alpha value is -3.20. The highest BCUT2D eigenvalue weighted by molar-refractivity contribution is 9.10. The fourth-order valence-electron chi connectivity index (χ4n) is 3.09. The van der Waals surface area contributed by atoms with Gasteiger partial charge in [-0.2, -0.15) is 0 Å². The minimum Gasteiger partial charge on any atom is -0.455 e. The molecule has 31 heavy (non-hydrogen) atoms. The van der Waals surface area contributed by atoms with Crippen LogP contribution < -0.4 is 10.7 Å². The predicted octanol–water partition coefficient (Wildman–Crippen LogP) is 2.74. The number of carbonyl (C=O) groups is 4. The molecule has 1 heterocycles. The van der Waals surface area contributed by atoms with E-state index in [0.717, 1.165) is 20.6 Å². The number of benzene rings is 2. The van der Waals surface area contributed by atoms with E-state index in [2.05, 4.69) is 26.7 Å². The first-order chi connectivity index (χ1) is 14.7. The summed E-state index contributed by atoms with van der Waals surface area (Å²) in [5.74, 6) is -2.74. The van der Waals surface area contributed by atoms with Gasteiger partial charge in [0.25, 0.3) is 11.8 Å². The third kappa shape index (κ3) is 5.69. The lowest BCUT2D eigenvalue weighted by Crippen LogP contribution is -2.43. The number of amides is 3. The number of ether oxygens (including phenoxy) is 1. The molecule has 0 unspecified atom stereocenters. The van der Waals surface area contributed by atoms with Crippen LogP contribution in [-0.2, 0) is 19.1 Å². The standard InChI is InChI=1S/C22H22BrN3O5/c1-13-4-3-5-18(14(13)2)24-19(27)12-31-22(30)16-10-20(28)26(11-16)25-21(29)15-6-8-17(23)9-7-15/h3-9,16H,10-12H2,1-2H3,(H,24,27)(H,25,29)/t16-/m0/s1. The number of hydrogen-bond acceptors (Lipinski definition) is 5. The number of anilines is 1. The number of aryl methyl sites for hydroxylation is 1. The number of hydrogen-bond donors (Lipinski definition) is 2. The summed E-state index contributed by atoms with van der Waals surface area (Å²) in [7, 11) is 0. The van der Waals surface area contributed by atoms with Crippen molar-refractivity contribution in [1.82, 2.24) is 10.4 Å². The van der Waals surface area contributed by atoms with Gasteiger partial charge in [-0.1, -0.05) is 28.1 Å². The molecule has 1 atom stereocenters. The van der Waals surface area contributed by atoms with Crippen LogP contribution in [0.3, 0.4) is 0 Å². The van der Waals surface area contributed by atoms with Crippen LogP contribution in [0.25, 0.3) is 0 Å². The number of rotatable bonds is 6. The van der Waals surface area contributed by atoms with Crippen LogP contribution in [0.1, 0.15) is 27.9 Å². The molecule has 3 amide bonds. The number of hydrazine groups is 1. The Labute approximate surface area is 188 Å². The molecule has 8 nitrogen and oxygen atoms in total. The summed E-state index contributed by atoms with van der Waals surface area (Å²) < 4.78 is 5.91. The maximum atomic E-state index is 12.3. The SMILES string of the molecule is Cc1cccc(NC(=O)COC(=O)[C@H]2CC(=O)N(NC(=O)c3ccc(Br)cc3)C2)c1C. The quantitative estimate of drug-likeness (QED) is 0.609. The van der Waals surface area contributed by atoms with Crippen molar-refractivity contribution in [2.24, 2.45) is 5.92 Å². The molecule has 2 aromatic rings. The van der Waals surface area contributed by atoms with Crippen molar-refractivity contribution in [3.63, 3.8) is 0 Å². The molecule has 3 rings (SSSR count). The molecule has 0 spiro atoms. The zero-order chi connectivity index (χ0) is 22.5. The molecular formula is C22H22BrN3O5. The minimum absolute atomic E-state index is 0.0153. The van der Waals surface area contributed by atoms with Gasteiger partial charge in [0.15, 0.2) is 6.61 Å². The van der Waals surface area contributed by atoms with Gasteiger partial charge >= 0.3 is 5.97 Å². The lowest BCUT2D eigenvalue weighted by molar-refractivity contribution is -0.151. The summed E-state index contributed by atoms with van der Waals surface area (Å²) in [6.07, 6.45) is -0.0991. The summed E-state index contributed by atoms with van der Waals surface area (Å²) in [6, 6.07) is 12.2. The van der Waals surface area contributed by atoms with Crippen molar-refractivity contribution in [2.45, 2.75) is 20.3 Å². The van der Waals surface area contributed by atoms with Crippen LogP contribution in [0.5, 0.6) is 0 Å². The first-order valence-electron chi connectivity index (χ1n) is 9.64. The zero-order valence-electron chi connectivity index (χ0n) is 17.1. The van der Waals surface area contributed by atoms with E-state index in [9.17, 15) is 19.2 Å². The molecule has 1 aliphatic rings. The van der Waals surface area contributed by atoms with Gasteiger partial charge in [-0.15, -0.1) is 0 Å². The molecule has 2 aromatic carbocycles. The van der Waals surface area contributed by atoms with Crippen molar-refractivity contribution < 1.29 is 23.9 Å². The maximum absolute atomic E-state index is 12.3. The van der Waals surface area contributed by atoms with Crippen molar-refractivity contribution >= 4 is 45.3 Å². The molecular weight excluding hydrogens is 466 g/mol. The Morgan fingerprint density at radius 2 is 1.84 bits per heavy atom. The topological polar surface area (TPSA) is 105 Å². The molecule has 0 bridgehead atoms. The first kappa shape index (κ1) is 22.5. The van der Waals surface area contributed by atoms with Gasteiger partial charge in [0.05, 0.1) is 12.5 Å². The smallest absolute Gasteiger partial charge is 0.311 e. The van der Waals surface area contributed by atoms with Gasteiger partial charge in [0, 0.05) is 22.1 Å². The largest absolute Gasteiger partial charge is 0.455 e. The molecule has 0 aromatic heterocycles. The Balaban J connectivity index is 1.49. The Morgan fingerprint density at radius 1 is 1.13 bits per heavy atom. The maximum Gasteiger partial charge on any atom is 0.311 e. The van der Waals surface area contributed by atoms with Crippen LogP contribution in [0.4, 0.5) is 5.69 Å². The van der Waals surface area contributed by atoms with Crippen molar-refractivity contribution in [1.29, 1.82) is 0 Å². The zero-order valence-corrected chi connectivity index (χ0v) is 18.7. The van der Waals surface area contributed by atoms with E-state index < -0.39 is 36.2 Å². The van der Waals surface area contributed by atoms with E-state index in [1.165, 1.54) is 0 Å². The van der Waals surface area contributed by atoms with Crippen LogP contribution in [-0.4, -0.2) is 41.9 Å². The summed E-state index contributed by atoms with van der Waals surface area (Å²) in [4.78, 5) is 48.9. The fourth-order valence-corrected chi connectivity index (χ4v) is 3.35. The number of nitrogens with one attached hydrogen (secondary N) is 2. The van der Waals surface area contributed by atoms with E-state index in [4.69, 9.17) is 4.74 Å². The molecule has 1 aliphatic heterocycles. The molecule has 1 fully saturated rings. The third-order valence-electron chi connectivity index (χ3n) is 5.03. The molecule has 0 radical (unpaired) electrons. The molecule has 162 valence electrons. The molecule has 1 saturated heterocycles. The number of esters is 1. The van der Waals surface area contributed by atoms with Gasteiger partial charge in [-0.3, -0.25) is 29.6 Å². The van der Waals surface area contributed by atoms with E-state index in [1.807, 2.05) is 26.0 Å². The lowest BCUT2D eigenvalue weighted by atomic mass is 10.1. The molecule has 9 heteroatoms. The molecule has 0 saturated carbocycles. The summed E-state index contributed by atoms with van der Waals surface area (Å²) in [6.45, 7) is 3.35. The van der Waals surface area contributed by atoms with Crippen molar-refractivity contribution in [3.8, 4) is 0 Å². The second-order valence-corrected chi connectivity index (χ2v) is 8.17. The highest BCUT2D eigenvalue weighted by Gasteiger charge is 2.36. The van der Waals surface area contributed by atoms with E-state index in [0.29, 0.717) is 11.3 Å². The Morgan fingerprint density at radius 3 is 2.55 bits per heavy atom. The monoisotopic (exact) mass is 487 g/mol. The van der Waals surface area contributed by atoms with Crippen LogP contribution in [0, 0.1) is 19.8 Å². The highest BCUT2D eigenvalue weighted by atomic mass is 79.9.